The van der Waals surface area contributed by atoms with Crippen LogP contribution in [0.25, 0.3) is 0 Å². The molecule has 0 spiro atoms. The van der Waals surface area contributed by atoms with E-state index in [1.54, 1.807) is 13.0 Å². The Hall–Kier alpha value is -0.440. The summed E-state index contributed by atoms with van der Waals surface area (Å²) in [5.41, 5.74) is 0.978. The number of halogens is 3. The standard InChI is InChI=1S/C10H9Cl3O2/c1-2-15-10(14)7-4-9(13)8(12)3-6(7)5-11/h3-4H,2,5H2,1H3. The molecule has 0 fully saturated rings. The summed E-state index contributed by atoms with van der Waals surface area (Å²) < 4.78 is 4.87. The lowest BCUT2D eigenvalue weighted by Crippen LogP contribution is -2.07. The average molecular weight is 268 g/mol. The first-order valence-electron chi connectivity index (χ1n) is 4.31. The fourth-order valence-electron chi connectivity index (χ4n) is 1.10. The molecule has 0 amide bonds. The summed E-state index contributed by atoms with van der Waals surface area (Å²) in [5.74, 6) is -0.253. The van der Waals surface area contributed by atoms with Crippen molar-refractivity contribution in [2.24, 2.45) is 0 Å². The fourth-order valence-corrected chi connectivity index (χ4v) is 1.67. The second kappa shape index (κ2) is 5.59. The number of ether oxygens (including phenoxy) is 1. The van der Waals surface area contributed by atoms with E-state index in [1.165, 1.54) is 6.07 Å². The van der Waals surface area contributed by atoms with Crippen molar-refractivity contribution in [3.63, 3.8) is 0 Å². The van der Waals surface area contributed by atoms with Gasteiger partial charge in [0.05, 0.1) is 22.2 Å². The zero-order valence-corrected chi connectivity index (χ0v) is 10.3. The van der Waals surface area contributed by atoms with E-state index < -0.39 is 5.97 Å². The van der Waals surface area contributed by atoms with Gasteiger partial charge in [-0.25, -0.2) is 4.79 Å². The molecule has 2 nitrogen and oxygen atoms in total. The summed E-state index contributed by atoms with van der Waals surface area (Å²) in [5, 5.41) is 0.689. The number of carbonyl (C=O) groups is 1. The van der Waals surface area contributed by atoms with Crippen LogP contribution in [0.3, 0.4) is 0 Å². The first kappa shape index (κ1) is 12.6. The number of carbonyl (C=O) groups excluding carboxylic acids is 1. The predicted molar refractivity (Wildman–Crippen MR) is 62.0 cm³/mol. The van der Waals surface area contributed by atoms with Crippen LogP contribution in [0, 0.1) is 0 Å². The molecule has 0 atom stereocenters. The fraction of sp³-hybridized carbons (Fsp3) is 0.300. The van der Waals surface area contributed by atoms with Crippen LogP contribution in [-0.4, -0.2) is 12.6 Å². The Balaban J connectivity index is 3.15. The molecule has 0 heterocycles. The topological polar surface area (TPSA) is 26.3 Å². The van der Waals surface area contributed by atoms with Crippen molar-refractivity contribution in [3.8, 4) is 0 Å². The number of alkyl halides is 1. The maximum absolute atomic E-state index is 11.5. The zero-order chi connectivity index (χ0) is 11.4. The maximum atomic E-state index is 11.5. The van der Waals surface area contributed by atoms with Crippen LogP contribution in [-0.2, 0) is 10.6 Å². The van der Waals surface area contributed by atoms with Gasteiger partial charge in [-0.1, -0.05) is 23.2 Å². The van der Waals surface area contributed by atoms with Crippen LogP contribution in [0.15, 0.2) is 12.1 Å². The normalized spacial score (nSPS) is 10.1. The van der Waals surface area contributed by atoms with Gasteiger partial charge in [-0.2, -0.15) is 0 Å². The number of esters is 1. The lowest BCUT2D eigenvalue weighted by molar-refractivity contribution is 0.0525. The van der Waals surface area contributed by atoms with Gasteiger partial charge >= 0.3 is 5.97 Å². The Bertz CT molecular complexity index is 377. The van der Waals surface area contributed by atoms with Gasteiger partial charge in [0, 0.05) is 5.88 Å². The Morgan fingerprint density at radius 2 is 1.93 bits per heavy atom. The molecule has 1 aromatic carbocycles. The molecule has 1 rings (SSSR count). The van der Waals surface area contributed by atoms with Crippen molar-refractivity contribution in [1.82, 2.24) is 0 Å². The van der Waals surface area contributed by atoms with Crippen molar-refractivity contribution in [2.45, 2.75) is 12.8 Å². The maximum Gasteiger partial charge on any atom is 0.338 e. The van der Waals surface area contributed by atoms with E-state index in [0.29, 0.717) is 27.8 Å². The highest BCUT2D eigenvalue weighted by Gasteiger charge is 2.14. The first-order chi connectivity index (χ1) is 7.10. The van der Waals surface area contributed by atoms with Crippen LogP contribution in [0.1, 0.15) is 22.8 Å². The van der Waals surface area contributed by atoms with Gasteiger partial charge in [0.1, 0.15) is 0 Å². The van der Waals surface area contributed by atoms with Gasteiger partial charge < -0.3 is 4.74 Å². The van der Waals surface area contributed by atoms with E-state index in [9.17, 15) is 4.79 Å². The Kier molecular flexibility index (Phi) is 4.71. The number of hydrogen-bond acceptors (Lipinski definition) is 2. The van der Waals surface area contributed by atoms with Crippen molar-refractivity contribution >= 4 is 40.8 Å². The first-order valence-corrected chi connectivity index (χ1v) is 5.60. The predicted octanol–water partition coefficient (Wildman–Crippen LogP) is 3.91. The highest BCUT2D eigenvalue weighted by molar-refractivity contribution is 6.42. The van der Waals surface area contributed by atoms with Crippen LogP contribution < -0.4 is 0 Å². The third kappa shape index (κ3) is 3.00. The molecule has 0 bridgehead atoms. The Labute approximate surface area is 103 Å². The van der Waals surface area contributed by atoms with E-state index in [-0.39, 0.29) is 5.88 Å². The molecule has 82 valence electrons. The quantitative estimate of drug-likeness (QED) is 0.613. The van der Waals surface area contributed by atoms with Crippen molar-refractivity contribution in [1.29, 1.82) is 0 Å². The molecule has 0 aromatic heterocycles. The minimum atomic E-state index is -0.438. The summed E-state index contributed by atoms with van der Waals surface area (Å²) in [7, 11) is 0. The number of hydrogen-bond donors (Lipinski definition) is 0. The summed E-state index contributed by atoms with van der Waals surface area (Å²) in [6, 6.07) is 3.04. The van der Waals surface area contributed by atoms with Gasteiger partial charge in [-0.3, -0.25) is 0 Å². The van der Waals surface area contributed by atoms with E-state index in [1.807, 2.05) is 0 Å². The molecule has 0 aliphatic rings. The summed E-state index contributed by atoms with van der Waals surface area (Å²) in [4.78, 5) is 11.5. The van der Waals surface area contributed by atoms with Crippen molar-refractivity contribution < 1.29 is 9.53 Å². The van der Waals surface area contributed by atoms with Gasteiger partial charge in [0.15, 0.2) is 0 Å². The molecule has 0 radical (unpaired) electrons. The minimum absolute atomic E-state index is 0.186. The van der Waals surface area contributed by atoms with E-state index in [2.05, 4.69) is 0 Å². The molecule has 0 saturated heterocycles. The monoisotopic (exact) mass is 266 g/mol. The molecule has 15 heavy (non-hydrogen) atoms. The highest BCUT2D eigenvalue weighted by Crippen LogP contribution is 2.27. The van der Waals surface area contributed by atoms with Gasteiger partial charge in [-0.15, -0.1) is 11.6 Å². The Morgan fingerprint density at radius 3 is 2.47 bits per heavy atom. The van der Waals surface area contributed by atoms with Crippen LogP contribution in [0.4, 0.5) is 0 Å². The molecule has 0 N–H and O–H groups in total. The lowest BCUT2D eigenvalue weighted by Gasteiger charge is -2.08. The second-order valence-corrected chi connectivity index (χ2v) is 3.86. The molecule has 0 aliphatic carbocycles. The van der Waals surface area contributed by atoms with Gasteiger partial charge in [0.2, 0.25) is 0 Å². The van der Waals surface area contributed by atoms with Crippen LogP contribution in [0.5, 0.6) is 0 Å². The number of rotatable bonds is 3. The smallest absolute Gasteiger partial charge is 0.338 e. The van der Waals surface area contributed by atoms with E-state index >= 15 is 0 Å². The average Bonchev–Trinajstić information content (AvgIpc) is 2.21. The van der Waals surface area contributed by atoms with E-state index in [0.717, 1.165) is 0 Å². The SMILES string of the molecule is CCOC(=O)c1cc(Cl)c(Cl)cc1CCl. The molecule has 1 aromatic rings. The third-order valence-electron chi connectivity index (χ3n) is 1.79. The largest absolute Gasteiger partial charge is 0.462 e. The molecular formula is C10H9Cl3O2. The molecule has 0 unspecified atom stereocenters. The summed E-state index contributed by atoms with van der Waals surface area (Å²) in [6.45, 7) is 2.04. The lowest BCUT2D eigenvalue weighted by atomic mass is 10.1. The number of benzene rings is 1. The van der Waals surface area contributed by atoms with Crippen molar-refractivity contribution in [3.05, 3.63) is 33.3 Å². The van der Waals surface area contributed by atoms with Crippen LogP contribution in [0.2, 0.25) is 10.0 Å². The molecular weight excluding hydrogens is 258 g/mol. The molecule has 0 aliphatic heterocycles. The molecule has 0 saturated carbocycles. The van der Waals surface area contributed by atoms with Gasteiger partial charge in [0.25, 0.3) is 0 Å². The second-order valence-electron chi connectivity index (χ2n) is 2.78. The van der Waals surface area contributed by atoms with Crippen molar-refractivity contribution in [2.75, 3.05) is 6.61 Å². The summed E-state index contributed by atoms with van der Waals surface area (Å²) in [6.07, 6.45) is 0. The van der Waals surface area contributed by atoms with E-state index in [4.69, 9.17) is 39.5 Å². The molecule has 5 heteroatoms. The zero-order valence-electron chi connectivity index (χ0n) is 8.02. The summed E-state index contributed by atoms with van der Waals surface area (Å²) >= 11 is 17.3. The minimum Gasteiger partial charge on any atom is -0.462 e. The Morgan fingerprint density at radius 1 is 1.33 bits per heavy atom. The van der Waals surface area contributed by atoms with Crippen LogP contribution >= 0.6 is 34.8 Å². The highest BCUT2D eigenvalue weighted by atomic mass is 35.5. The van der Waals surface area contributed by atoms with Gasteiger partial charge in [-0.05, 0) is 24.6 Å². The third-order valence-corrected chi connectivity index (χ3v) is 2.80.